The third-order valence-electron chi connectivity index (χ3n) is 7.02. The summed E-state index contributed by atoms with van der Waals surface area (Å²) in [5, 5.41) is 7.88. The topological polar surface area (TPSA) is 79.8 Å². The Labute approximate surface area is 210 Å². The van der Waals surface area contributed by atoms with Crippen LogP contribution in [0, 0.1) is 6.92 Å². The minimum atomic E-state index is -0.0472. The summed E-state index contributed by atoms with van der Waals surface area (Å²) in [6.07, 6.45) is 6.04. The van der Waals surface area contributed by atoms with Gasteiger partial charge in [-0.05, 0) is 50.8 Å². The molecular formula is C25H27BrN6OS. The molecule has 7 nitrogen and oxygen atoms in total. The number of fused-ring (bicyclic) bond motifs is 2. The van der Waals surface area contributed by atoms with Crippen molar-refractivity contribution in [1.82, 2.24) is 19.5 Å². The molecule has 2 fully saturated rings. The summed E-state index contributed by atoms with van der Waals surface area (Å²) in [5.41, 5.74) is 9.72. The van der Waals surface area contributed by atoms with Gasteiger partial charge in [0, 0.05) is 63.4 Å². The van der Waals surface area contributed by atoms with Crippen LogP contribution in [-0.2, 0) is 0 Å². The van der Waals surface area contributed by atoms with Crippen molar-refractivity contribution in [2.24, 2.45) is 5.73 Å². The van der Waals surface area contributed by atoms with E-state index < -0.39 is 0 Å². The molecule has 0 bridgehead atoms. The highest BCUT2D eigenvalue weighted by atomic mass is 79.9. The summed E-state index contributed by atoms with van der Waals surface area (Å²) in [6.45, 7) is 4.58. The maximum Gasteiger partial charge on any atom is 0.255 e. The number of hydrogen-bond donors (Lipinski definition) is 1. The van der Waals surface area contributed by atoms with Crippen LogP contribution < -0.4 is 10.6 Å². The van der Waals surface area contributed by atoms with Gasteiger partial charge in [-0.1, -0.05) is 15.9 Å². The predicted molar refractivity (Wildman–Crippen MR) is 140 cm³/mol. The molecular weight excluding hydrogens is 512 g/mol. The van der Waals surface area contributed by atoms with Crippen molar-refractivity contribution in [3.63, 3.8) is 0 Å². The number of carbonyl (C=O) groups is 1. The highest BCUT2D eigenvalue weighted by Gasteiger charge is 2.32. The Morgan fingerprint density at radius 3 is 2.91 bits per heavy atom. The van der Waals surface area contributed by atoms with Crippen molar-refractivity contribution in [1.29, 1.82) is 0 Å². The van der Waals surface area contributed by atoms with E-state index in [9.17, 15) is 4.79 Å². The first-order valence-electron chi connectivity index (χ1n) is 11.8. The molecule has 2 N–H and O–H groups in total. The van der Waals surface area contributed by atoms with E-state index in [-0.39, 0.29) is 18.0 Å². The van der Waals surface area contributed by atoms with Crippen LogP contribution >= 0.6 is 27.3 Å². The fraction of sp³-hybridized carbons (Fsp3) is 0.400. The maximum atomic E-state index is 13.7. The molecule has 0 saturated carbocycles. The van der Waals surface area contributed by atoms with Gasteiger partial charge in [-0.2, -0.15) is 5.10 Å². The highest BCUT2D eigenvalue weighted by molar-refractivity contribution is 9.10. The number of nitrogens with zero attached hydrogens (tertiary/aromatic N) is 5. The molecule has 2 atom stereocenters. The lowest BCUT2D eigenvalue weighted by Gasteiger charge is -2.34. The quantitative estimate of drug-likeness (QED) is 0.400. The minimum Gasteiger partial charge on any atom is -0.355 e. The van der Waals surface area contributed by atoms with E-state index in [0.29, 0.717) is 0 Å². The molecule has 0 aliphatic carbocycles. The zero-order valence-corrected chi connectivity index (χ0v) is 21.5. The zero-order valence-electron chi connectivity index (χ0n) is 19.1. The van der Waals surface area contributed by atoms with Gasteiger partial charge in [0.1, 0.15) is 5.82 Å². The van der Waals surface area contributed by atoms with Crippen molar-refractivity contribution in [2.75, 3.05) is 24.5 Å². The normalized spacial score (nSPS) is 21.1. The van der Waals surface area contributed by atoms with Crippen LogP contribution in [0.5, 0.6) is 0 Å². The number of aromatic nitrogens is 3. The largest absolute Gasteiger partial charge is 0.355 e. The molecule has 6 rings (SSSR count). The highest BCUT2D eigenvalue weighted by Crippen LogP contribution is 2.36. The molecule has 2 saturated heterocycles. The summed E-state index contributed by atoms with van der Waals surface area (Å²) in [7, 11) is 0. The predicted octanol–water partition coefficient (Wildman–Crippen LogP) is 4.92. The fourth-order valence-electron chi connectivity index (χ4n) is 5.29. The van der Waals surface area contributed by atoms with Crippen LogP contribution in [-0.4, -0.2) is 51.1 Å². The van der Waals surface area contributed by atoms with E-state index in [0.717, 1.165) is 88.2 Å². The second-order valence-electron chi connectivity index (χ2n) is 9.41. The molecule has 2 aliphatic heterocycles. The minimum absolute atomic E-state index is 0.0472. The summed E-state index contributed by atoms with van der Waals surface area (Å²) in [4.78, 5) is 23.0. The second-order valence-corrected chi connectivity index (χ2v) is 11.2. The van der Waals surface area contributed by atoms with Crippen molar-refractivity contribution in [2.45, 2.75) is 44.7 Å². The first-order valence-corrected chi connectivity index (χ1v) is 13.5. The molecule has 9 heteroatoms. The zero-order chi connectivity index (χ0) is 23.4. The summed E-state index contributed by atoms with van der Waals surface area (Å²) in [5.74, 6) is 1.07. The molecule has 0 radical (unpaired) electrons. The Morgan fingerprint density at radius 2 is 2.09 bits per heavy atom. The molecule has 5 heterocycles. The monoisotopic (exact) mass is 538 g/mol. The van der Waals surface area contributed by atoms with E-state index >= 15 is 0 Å². The van der Waals surface area contributed by atoms with Gasteiger partial charge in [0.15, 0.2) is 5.65 Å². The molecule has 3 aromatic heterocycles. The first-order chi connectivity index (χ1) is 16.5. The van der Waals surface area contributed by atoms with Gasteiger partial charge in [0.25, 0.3) is 5.91 Å². The van der Waals surface area contributed by atoms with Crippen LogP contribution in [0.25, 0.3) is 15.7 Å². The van der Waals surface area contributed by atoms with Crippen molar-refractivity contribution < 1.29 is 4.79 Å². The summed E-state index contributed by atoms with van der Waals surface area (Å²) >= 11 is 5.17. The molecule has 34 heavy (non-hydrogen) atoms. The Hall–Kier alpha value is -2.49. The van der Waals surface area contributed by atoms with E-state index in [1.54, 1.807) is 11.3 Å². The van der Waals surface area contributed by atoms with Gasteiger partial charge in [-0.3, -0.25) is 4.79 Å². The number of nitrogens with two attached hydrogens (primary N) is 1. The number of halogens is 1. The SMILES string of the molecule is Cc1cn2nc(C3CCCCN3C(=O)c3csc4ccc(Br)cc34)cc2nc1N1CCC(N)C1. The lowest BCUT2D eigenvalue weighted by molar-refractivity contribution is 0.0608. The number of hydrogen-bond acceptors (Lipinski definition) is 6. The molecule has 1 aromatic carbocycles. The number of rotatable bonds is 3. The third-order valence-corrected chi connectivity index (χ3v) is 8.48. The van der Waals surface area contributed by atoms with Crippen LogP contribution in [0.4, 0.5) is 5.82 Å². The van der Waals surface area contributed by atoms with Gasteiger partial charge < -0.3 is 15.5 Å². The summed E-state index contributed by atoms with van der Waals surface area (Å²) in [6, 6.07) is 8.34. The van der Waals surface area contributed by atoms with E-state index in [1.165, 1.54) is 0 Å². The van der Waals surface area contributed by atoms with Crippen molar-refractivity contribution >= 4 is 54.7 Å². The first kappa shape index (κ1) is 22.0. The van der Waals surface area contributed by atoms with Crippen molar-refractivity contribution in [3.05, 3.63) is 57.1 Å². The Bertz CT molecular complexity index is 1400. The Kier molecular flexibility index (Phi) is 5.58. The van der Waals surface area contributed by atoms with Crippen molar-refractivity contribution in [3.8, 4) is 0 Å². The van der Waals surface area contributed by atoms with Gasteiger partial charge >= 0.3 is 0 Å². The lowest BCUT2D eigenvalue weighted by atomic mass is 9.98. The molecule has 2 unspecified atom stereocenters. The lowest BCUT2D eigenvalue weighted by Crippen LogP contribution is -2.38. The van der Waals surface area contributed by atoms with Crippen LogP contribution in [0.2, 0.25) is 0 Å². The Balaban J connectivity index is 1.35. The van der Waals surface area contributed by atoms with E-state index in [4.69, 9.17) is 15.8 Å². The number of piperidine rings is 1. The average Bonchev–Trinajstić information content (AvgIpc) is 3.55. The fourth-order valence-corrected chi connectivity index (χ4v) is 6.56. The number of likely N-dealkylation sites (tertiary alicyclic amines) is 1. The van der Waals surface area contributed by atoms with Gasteiger partial charge in [-0.15, -0.1) is 11.3 Å². The van der Waals surface area contributed by atoms with Gasteiger partial charge in [0.2, 0.25) is 0 Å². The molecule has 1 amide bonds. The van der Waals surface area contributed by atoms with Crippen LogP contribution in [0.15, 0.2) is 40.3 Å². The molecule has 4 aromatic rings. The Morgan fingerprint density at radius 1 is 1.21 bits per heavy atom. The molecule has 0 spiro atoms. The number of thiophene rings is 1. The average molecular weight is 540 g/mol. The van der Waals surface area contributed by atoms with E-state index in [1.807, 2.05) is 33.1 Å². The second kappa shape index (κ2) is 8.62. The van der Waals surface area contributed by atoms with Gasteiger partial charge in [0.05, 0.1) is 17.3 Å². The smallest absolute Gasteiger partial charge is 0.255 e. The third kappa shape index (κ3) is 3.79. The standard InChI is InChI=1S/C25H27BrN6OS/c1-15-12-32-23(28-24(15)30-9-7-17(27)13-30)11-20(29-32)21-4-2-3-8-31(21)25(33)19-14-34-22-6-5-16(26)10-18(19)22/h5-6,10-12,14,17,21H,2-4,7-9,13,27H2,1H3. The number of benzene rings is 1. The number of anilines is 1. The maximum absolute atomic E-state index is 13.7. The summed E-state index contributed by atoms with van der Waals surface area (Å²) < 4.78 is 3.97. The van der Waals surface area contributed by atoms with Gasteiger partial charge in [-0.25, -0.2) is 9.50 Å². The number of aryl methyl sites for hydroxylation is 1. The number of carbonyl (C=O) groups excluding carboxylic acids is 1. The number of amides is 1. The van der Waals surface area contributed by atoms with Crippen LogP contribution in [0.1, 0.15) is 53.3 Å². The molecule has 176 valence electrons. The molecule has 2 aliphatic rings. The van der Waals surface area contributed by atoms with Crippen LogP contribution in [0.3, 0.4) is 0 Å². The van der Waals surface area contributed by atoms with E-state index in [2.05, 4.69) is 39.9 Å².